The summed E-state index contributed by atoms with van der Waals surface area (Å²) in [7, 11) is 3.77. The first-order chi connectivity index (χ1) is 42.3. The number of rotatable bonds is 25. The van der Waals surface area contributed by atoms with Gasteiger partial charge in [-0.15, -0.1) is 18.3 Å². The van der Waals surface area contributed by atoms with E-state index in [2.05, 4.69) is 23.5 Å². The van der Waals surface area contributed by atoms with Gasteiger partial charge in [0.15, 0.2) is 0 Å². The average Bonchev–Trinajstić information content (AvgIpc) is 1.96. The molecule has 0 spiro atoms. The number of imide groups is 2. The molecule has 18 atom stereocenters. The van der Waals surface area contributed by atoms with E-state index in [0.29, 0.717) is 18.5 Å². The number of nitrogens with zero attached hydrogens (tertiary/aromatic N) is 5. The van der Waals surface area contributed by atoms with Crippen LogP contribution in [0.3, 0.4) is 0 Å². The van der Waals surface area contributed by atoms with Gasteiger partial charge in [-0.2, -0.15) is 0 Å². The Morgan fingerprint density at radius 2 is 1.01 bits per heavy atom. The van der Waals surface area contributed by atoms with Crippen molar-refractivity contribution in [3.8, 4) is 0 Å². The molecule has 3 heterocycles. The lowest BCUT2D eigenvalue weighted by atomic mass is 9.83. The number of ether oxygens (including phenoxy) is 6. The summed E-state index contributed by atoms with van der Waals surface area (Å²) in [6, 6.07) is 8.93. The van der Waals surface area contributed by atoms with E-state index in [-0.39, 0.29) is 44.9 Å². The van der Waals surface area contributed by atoms with Crippen LogP contribution in [-0.2, 0) is 82.9 Å². The lowest BCUT2D eigenvalue weighted by molar-refractivity contribution is -0.165. The molecule has 4 saturated carbocycles. The van der Waals surface area contributed by atoms with E-state index in [1.165, 1.54) is 33.2 Å². The Hall–Kier alpha value is -7.88. The zero-order valence-corrected chi connectivity index (χ0v) is 52.4. The molecule has 1 aromatic heterocycles. The van der Waals surface area contributed by atoms with Crippen LogP contribution in [0.4, 0.5) is 0 Å². The third kappa shape index (κ3) is 14.0. The number of carbonyl (C=O) groups is 10. The van der Waals surface area contributed by atoms with Gasteiger partial charge in [0.25, 0.3) is 0 Å². The number of hydrogen-bond donors (Lipinski definition) is 1. The number of benzene rings is 1. The lowest BCUT2D eigenvalue weighted by Crippen LogP contribution is -2.37. The molecule has 6 fully saturated rings. The van der Waals surface area contributed by atoms with E-state index in [0.717, 1.165) is 10.5 Å². The van der Waals surface area contributed by atoms with Crippen LogP contribution in [0, 0.1) is 100 Å². The van der Waals surface area contributed by atoms with Gasteiger partial charge in [-0.3, -0.25) is 53.0 Å². The molecule has 8 rings (SSSR count). The van der Waals surface area contributed by atoms with Crippen molar-refractivity contribution in [2.24, 2.45) is 100 Å². The van der Waals surface area contributed by atoms with Crippen LogP contribution in [0.2, 0.25) is 0 Å². The predicted molar refractivity (Wildman–Crippen MR) is 319 cm³/mol. The van der Waals surface area contributed by atoms with E-state index in [9.17, 15) is 43.5 Å². The van der Waals surface area contributed by atoms with Gasteiger partial charge in [0.2, 0.25) is 23.6 Å². The summed E-state index contributed by atoms with van der Waals surface area (Å²) in [6.45, 7) is 18.9. The quantitative estimate of drug-likeness (QED) is 0.0488. The summed E-state index contributed by atoms with van der Waals surface area (Å²) >= 11 is 0. The molecular formula is C67H85N5O17. The largest absolute Gasteiger partial charge is 0.469 e. The van der Waals surface area contributed by atoms with Crippen LogP contribution in [0.5, 0.6) is 0 Å². The van der Waals surface area contributed by atoms with Crippen LogP contribution in [0.25, 0.3) is 0 Å². The van der Waals surface area contributed by atoms with Gasteiger partial charge >= 0.3 is 35.8 Å². The Morgan fingerprint density at radius 3 is 1.46 bits per heavy atom. The zero-order chi connectivity index (χ0) is 64.9. The fourth-order valence-corrected chi connectivity index (χ4v) is 14.9. The number of methoxy groups -OCH3 is 3. The molecule has 18 unspecified atom stereocenters. The monoisotopic (exact) mass is 1230 g/mol. The number of likely N-dealkylation sites (tertiary alicyclic amines) is 2. The molecule has 2 aromatic rings. The highest BCUT2D eigenvalue weighted by molar-refractivity contribution is 6.07. The lowest BCUT2D eigenvalue weighted by Gasteiger charge is -2.27. The maximum absolute atomic E-state index is 15.1. The van der Waals surface area contributed by atoms with Crippen LogP contribution in [0.15, 0.2) is 98.3 Å². The van der Waals surface area contributed by atoms with Crippen molar-refractivity contribution in [1.82, 2.24) is 24.8 Å². The van der Waals surface area contributed by atoms with Gasteiger partial charge in [0, 0.05) is 0 Å². The summed E-state index contributed by atoms with van der Waals surface area (Å²) in [4.78, 5) is 141. The van der Waals surface area contributed by atoms with Crippen LogP contribution >= 0.6 is 0 Å². The zero-order valence-electron chi connectivity index (χ0n) is 52.4. The molecule has 6 aliphatic rings. The highest BCUT2D eigenvalue weighted by Gasteiger charge is 2.60. The van der Waals surface area contributed by atoms with Crippen LogP contribution < -0.4 is 0 Å². The molecule has 22 heteroatoms. The van der Waals surface area contributed by atoms with E-state index < -0.39 is 178 Å². The predicted octanol–water partition coefficient (Wildman–Crippen LogP) is 6.38. The third-order valence-corrected chi connectivity index (χ3v) is 19.0. The fourth-order valence-electron chi connectivity index (χ4n) is 14.9. The number of hydrogen-bond acceptors (Lipinski definition) is 19. The molecule has 2 saturated heterocycles. The van der Waals surface area contributed by atoms with Crippen molar-refractivity contribution in [3.05, 3.63) is 110 Å². The van der Waals surface area contributed by atoms with E-state index in [1.54, 1.807) is 76.7 Å². The van der Waals surface area contributed by atoms with Gasteiger partial charge in [0.05, 0.1) is 112 Å². The van der Waals surface area contributed by atoms with Gasteiger partial charge < -0.3 is 33.5 Å². The maximum Gasteiger partial charge on any atom is 0.334 e. The standard InChI is InChI=1S/C67H85N5O17/c1-13-38-28-41(50-49(38)57(74)70(58(50)75)26-27-87-61(78)37(7)73)20-24-45-31-46(55(63(80)85-11)54(45)62(79)84-10)25-22-43-30-42(21-23-44-29-39(14-2)53(64(81)88-35(3)4)56(44)65(82)89-36(5)6)51-52(43)60(77)71(59(51)76)33-47-34-72(69-68-47)48(40-18-16-15-17-19-40)32-67(8,9)66(83)86-12/h13-25,34-39,41-46,48-56,73H,1-2,26-33H2,3-12H3/b23-21-,24-20-,25-22-. The summed E-state index contributed by atoms with van der Waals surface area (Å²) in [6.07, 6.45) is 15.1. The first-order valence-corrected chi connectivity index (χ1v) is 30.8. The molecule has 4 amide bonds. The second-order valence-corrected chi connectivity index (χ2v) is 25.7. The normalized spacial score (nSPS) is 30.8. The molecule has 1 N–H and O–H groups in total. The smallest absolute Gasteiger partial charge is 0.334 e. The van der Waals surface area contributed by atoms with Gasteiger partial charge in [-0.1, -0.05) is 84.2 Å². The molecule has 4 aliphatic carbocycles. The number of fused-ring (bicyclic) bond motifs is 2. The van der Waals surface area contributed by atoms with E-state index in [4.69, 9.17) is 28.4 Å². The maximum atomic E-state index is 15.1. The van der Waals surface area contributed by atoms with Gasteiger partial charge in [0.1, 0.15) is 18.4 Å². The number of carbonyl (C=O) groups excluding carboxylic acids is 10. The topological polar surface area (TPSA) is 284 Å². The highest BCUT2D eigenvalue weighted by Crippen LogP contribution is 2.53. The summed E-state index contributed by atoms with van der Waals surface area (Å²) in [5, 5.41) is 18.5. The number of aromatic nitrogens is 3. The molecule has 22 nitrogen and oxygen atoms in total. The molecular weight excluding hydrogens is 1150 g/mol. The average molecular weight is 1230 g/mol. The molecule has 480 valence electrons. The Kier molecular flexibility index (Phi) is 21.3. The second kappa shape index (κ2) is 28.3. The Morgan fingerprint density at radius 1 is 0.596 bits per heavy atom. The molecule has 0 bridgehead atoms. The third-order valence-electron chi connectivity index (χ3n) is 19.0. The molecule has 1 aromatic carbocycles. The Labute approximate surface area is 519 Å². The minimum atomic E-state index is -1.39. The number of amides is 4. The summed E-state index contributed by atoms with van der Waals surface area (Å²) in [5.41, 5.74) is 0.194. The molecule has 89 heavy (non-hydrogen) atoms. The Balaban J connectivity index is 1.12. The van der Waals surface area contributed by atoms with Crippen molar-refractivity contribution < 1.29 is 81.5 Å². The fraction of sp³-hybridized carbons (Fsp3) is 0.582. The van der Waals surface area contributed by atoms with Crippen LogP contribution in [-0.4, -0.2) is 142 Å². The first kappa shape index (κ1) is 67.1. The van der Waals surface area contributed by atoms with Crippen molar-refractivity contribution in [1.29, 1.82) is 0 Å². The van der Waals surface area contributed by atoms with E-state index in [1.807, 2.05) is 54.6 Å². The second-order valence-electron chi connectivity index (χ2n) is 25.7. The van der Waals surface area contributed by atoms with Crippen molar-refractivity contribution in [3.63, 3.8) is 0 Å². The number of aliphatic hydroxyl groups excluding tert-OH is 1. The van der Waals surface area contributed by atoms with E-state index >= 15 is 9.59 Å². The SMILES string of the molecule is C=CC1CC(/C=C\C2CC(/C=C\C3CC(/C=C\C4CC(C=C)C5C(=O)N(CCOC(=O)C(C)O)C(=O)C45)C(C(=O)OC)C3C(=O)OC)C3C(=O)N(Cc4cn(C(CC(C)(C)C(=O)OC)c5ccccc5)nn4)C(=O)C23)C(C(=O)OC(C)C)C1C(=O)OC(C)C. The number of esters is 6. The minimum Gasteiger partial charge on any atom is -0.469 e. The minimum absolute atomic E-state index is 0.205. The first-order valence-electron chi connectivity index (χ1n) is 30.8. The Bertz CT molecular complexity index is 3130. The van der Waals surface area contributed by atoms with Crippen molar-refractivity contribution in [2.75, 3.05) is 34.5 Å². The van der Waals surface area contributed by atoms with Gasteiger partial charge in [-0.25, -0.2) is 9.48 Å². The summed E-state index contributed by atoms with van der Waals surface area (Å²) in [5.74, 6) is -17.3. The van der Waals surface area contributed by atoms with Gasteiger partial charge in [-0.05, 0) is 133 Å². The van der Waals surface area contributed by atoms with Crippen molar-refractivity contribution >= 4 is 59.4 Å². The van der Waals surface area contributed by atoms with Crippen molar-refractivity contribution in [2.45, 2.75) is 111 Å². The number of aliphatic hydroxyl groups is 1. The molecule has 0 radical (unpaired) electrons. The van der Waals surface area contributed by atoms with Crippen LogP contribution in [0.1, 0.15) is 97.9 Å². The highest BCUT2D eigenvalue weighted by atomic mass is 16.6. The molecule has 2 aliphatic heterocycles. The number of allylic oxidation sites excluding steroid dienone is 8. The summed E-state index contributed by atoms with van der Waals surface area (Å²) < 4.78 is 33.9.